The number of carbonyl (C=O) groups is 1. The summed E-state index contributed by atoms with van der Waals surface area (Å²) in [6.07, 6.45) is 2.54. The van der Waals surface area contributed by atoms with Gasteiger partial charge in [-0.05, 0) is 37.5 Å². The molecule has 1 atom stereocenters. The van der Waals surface area contributed by atoms with Gasteiger partial charge in [-0.2, -0.15) is 0 Å². The molecule has 1 heterocycles. The third-order valence-electron chi connectivity index (χ3n) is 4.89. The van der Waals surface area contributed by atoms with E-state index in [9.17, 15) is 4.79 Å². The van der Waals surface area contributed by atoms with Crippen molar-refractivity contribution >= 4 is 5.91 Å². The number of carbonyl (C=O) groups excluding carboxylic acids is 1. The van der Waals surface area contributed by atoms with Crippen molar-refractivity contribution in [2.24, 2.45) is 0 Å². The van der Waals surface area contributed by atoms with Crippen LogP contribution in [0.4, 0.5) is 0 Å². The summed E-state index contributed by atoms with van der Waals surface area (Å²) in [5.41, 5.74) is 1.04. The van der Waals surface area contributed by atoms with Crippen molar-refractivity contribution in [1.82, 2.24) is 10.2 Å². The first-order valence-electron chi connectivity index (χ1n) is 10.2. The van der Waals surface area contributed by atoms with Crippen LogP contribution in [-0.2, 0) is 20.8 Å². The fourth-order valence-electron chi connectivity index (χ4n) is 3.30. The molecule has 0 unspecified atom stereocenters. The predicted molar refractivity (Wildman–Crippen MR) is 106 cm³/mol. The summed E-state index contributed by atoms with van der Waals surface area (Å²) in [5, 5.41) is 3.24. The molecule has 0 radical (unpaired) electrons. The molecule has 28 heavy (non-hydrogen) atoms. The van der Waals surface area contributed by atoms with Crippen molar-refractivity contribution in [3.05, 3.63) is 23.8 Å². The third kappa shape index (κ3) is 5.83. The fraction of sp³-hybridized carbons (Fsp3) is 0.667. The Morgan fingerprint density at radius 3 is 2.79 bits per heavy atom. The molecular weight excluding hydrogens is 360 g/mol. The van der Waals surface area contributed by atoms with Crippen LogP contribution >= 0.6 is 0 Å². The lowest BCUT2D eigenvalue weighted by Gasteiger charge is -2.30. The summed E-state index contributed by atoms with van der Waals surface area (Å²) < 4.78 is 22.4. The molecule has 0 spiro atoms. The number of rotatable bonds is 11. The van der Waals surface area contributed by atoms with Gasteiger partial charge in [-0.1, -0.05) is 6.07 Å². The zero-order valence-corrected chi connectivity index (χ0v) is 16.9. The maximum absolute atomic E-state index is 13.0. The van der Waals surface area contributed by atoms with Gasteiger partial charge >= 0.3 is 0 Å². The molecule has 156 valence electrons. The number of nitrogens with one attached hydrogen (secondary N) is 1. The summed E-state index contributed by atoms with van der Waals surface area (Å²) in [7, 11) is 1.68. The molecule has 0 aromatic heterocycles. The van der Waals surface area contributed by atoms with Gasteiger partial charge in [-0.3, -0.25) is 4.79 Å². The Hall–Kier alpha value is -1.83. The average Bonchev–Trinajstić information content (AvgIpc) is 3.56. The van der Waals surface area contributed by atoms with E-state index in [1.807, 2.05) is 30.0 Å². The molecule has 7 nitrogen and oxygen atoms in total. The zero-order valence-electron chi connectivity index (χ0n) is 16.9. The van der Waals surface area contributed by atoms with Gasteiger partial charge in [0.2, 0.25) is 0 Å². The number of ether oxygens (including phenoxy) is 4. The number of amides is 1. The van der Waals surface area contributed by atoms with Gasteiger partial charge in [0.05, 0.1) is 19.8 Å². The van der Waals surface area contributed by atoms with E-state index < -0.39 is 0 Å². The second-order valence-electron chi connectivity index (χ2n) is 7.17. The van der Waals surface area contributed by atoms with Gasteiger partial charge in [-0.15, -0.1) is 0 Å². The molecule has 7 heteroatoms. The van der Waals surface area contributed by atoms with Crippen molar-refractivity contribution in [2.45, 2.75) is 44.9 Å². The Morgan fingerprint density at radius 1 is 1.25 bits per heavy atom. The predicted octanol–water partition coefficient (Wildman–Crippen LogP) is 1.98. The summed E-state index contributed by atoms with van der Waals surface area (Å²) in [6, 6.07) is 6.24. The van der Waals surface area contributed by atoms with E-state index in [0.717, 1.165) is 37.1 Å². The van der Waals surface area contributed by atoms with E-state index in [-0.39, 0.29) is 12.0 Å². The van der Waals surface area contributed by atoms with Crippen LogP contribution in [0.15, 0.2) is 18.2 Å². The van der Waals surface area contributed by atoms with Crippen molar-refractivity contribution in [3.63, 3.8) is 0 Å². The lowest BCUT2D eigenvalue weighted by atomic mass is 10.1. The molecule has 1 saturated carbocycles. The van der Waals surface area contributed by atoms with Crippen molar-refractivity contribution in [2.75, 3.05) is 46.6 Å². The lowest BCUT2D eigenvalue weighted by molar-refractivity contribution is -0.146. The van der Waals surface area contributed by atoms with E-state index in [1.54, 1.807) is 7.11 Å². The fourth-order valence-corrected chi connectivity index (χ4v) is 3.30. The number of benzene rings is 1. The largest absolute Gasteiger partial charge is 0.490 e. The third-order valence-corrected chi connectivity index (χ3v) is 4.89. The molecule has 1 aliphatic heterocycles. The van der Waals surface area contributed by atoms with Gasteiger partial charge in [-0.25, -0.2) is 0 Å². The molecule has 1 N–H and O–H groups in total. The molecule has 2 aliphatic rings. The SMILES string of the molecule is CCOc1ccc(CN(C(=O)[C@H]2CNCCO2)C2CC2)cc1OCCCOC. The summed E-state index contributed by atoms with van der Waals surface area (Å²) >= 11 is 0. The smallest absolute Gasteiger partial charge is 0.253 e. The molecule has 1 aromatic carbocycles. The Morgan fingerprint density at radius 2 is 2.11 bits per heavy atom. The standard InChI is InChI=1S/C21H32N2O5/c1-3-26-18-8-5-16(13-19(18)27-11-4-10-25-2)15-23(17-6-7-17)21(24)20-14-22-9-12-28-20/h5,8,13,17,20,22H,3-4,6-7,9-12,14-15H2,1-2H3/t20-/m1/s1. The summed E-state index contributed by atoms with van der Waals surface area (Å²) in [5.74, 6) is 1.52. The van der Waals surface area contributed by atoms with Crippen molar-refractivity contribution in [3.8, 4) is 11.5 Å². The van der Waals surface area contributed by atoms with E-state index in [1.165, 1.54) is 0 Å². The number of nitrogens with zero attached hydrogens (tertiary/aromatic N) is 1. The zero-order chi connectivity index (χ0) is 19.8. The number of methoxy groups -OCH3 is 1. The Labute approximate surface area is 167 Å². The highest BCUT2D eigenvalue weighted by Gasteiger charge is 2.36. The minimum absolute atomic E-state index is 0.0751. The topological polar surface area (TPSA) is 69.3 Å². The first-order valence-corrected chi connectivity index (χ1v) is 10.2. The minimum Gasteiger partial charge on any atom is -0.490 e. The highest BCUT2D eigenvalue weighted by Crippen LogP contribution is 2.33. The molecule has 1 aromatic rings. The molecule has 1 amide bonds. The van der Waals surface area contributed by atoms with Crippen LogP contribution < -0.4 is 14.8 Å². The molecule has 1 saturated heterocycles. The van der Waals surface area contributed by atoms with Crippen LogP contribution in [0.2, 0.25) is 0 Å². The van der Waals surface area contributed by atoms with Crippen LogP contribution in [0.3, 0.4) is 0 Å². The van der Waals surface area contributed by atoms with Crippen LogP contribution in [0.25, 0.3) is 0 Å². The normalized spacial score (nSPS) is 19.3. The van der Waals surface area contributed by atoms with E-state index >= 15 is 0 Å². The molecule has 3 rings (SSSR count). The van der Waals surface area contributed by atoms with E-state index in [2.05, 4.69) is 5.32 Å². The van der Waals surface area contributed by atoms with Crippen LogP contribution in [-0.4, -0.2) is 69.6 Å². The molecule has 0 bridgehead atoms. The van der Waals surface area contributed by atoms with Crippen molar-refractivity contribution in [1.29, 1.82) is 0 Å². The van der Waals surface area contributed by atoms with Crippen molar-refractivity contribution < 1.29 is 23.7 Å². The highest BCUT2D eigenvalue weighted by molar-refractivity contribution is 5.82. The number of morpholine rings is 1. The highest BCUT2D eigenvalue weighted by atomic mass is 16.5. The number of hydrogen-bond acceptors (Lipinski definition) is 6. The molecule has 1 aliphatic carbocycles. The maximum atomic E-state index is 13.0. The average molecular weight is 392 g/mol. The van der Waals surface area contributed by atoms with E-state index in [0.29, 0.717) is 51.3 Å². The Balaban J connectivity index is 1.68. The second kappa shape index (κ2) is 10.6. The van der Waals surface area contributed by atoms with Crippen LogP contribution in [0, 0.1) is 0 Å². The van der Waals surface area contributed by atoms with Gasteiger partial charge in [0, 0.05) is 45.8 Å². The molecule has 2 fully saturated rings. The lowest BCUT2D eigenvalue weighted by Crippen LogP contribution is -2.49. The maximum Gasteiger partial charge on any atom is 0.253 e. The van der Waals surface area contributed by atoms with Gasteiger partial charge in [0.25, 0.3) is 5.91 Å². The Bertz CT molecular complexity index is 629. The van der Waals surface area contributed by atoms with Crippen LogP contribution in [0.5, 0.6) is 11.5 Å². The number of hydrogen-bond donors (Lipinski definition) is 1. The monoisotopic (exact) mass is 392 g/mol. The quantitative estimate of drug-likeness (QED) is 0.581. The first-order chi connectivity index (χ1) is 13.7. The second-order valence-corrected chi connectivity index (χ2v) is 7.17. The van der Waals surface area contributed by atoms with Gasteiger partial charge in [0.15, 0.2) is 11.5 Å². The van der Waals surface area contributed by atoms with Gasteiger partial charge < -0.3 is 29.2 Å². The minimum atomic E-state index is -0.387. The van der Waals surface area contributed by atoms with Crippen LogP contribution in [0.1, 0.15) is 31.7 Å². The summed E-state index contributed by atoms with van der Waals surface area (Å²) in [6.45, 7) is 6.27. The first kappa shape index (κ1) is 20.9. The van der Waals surface area contributed by atoms with E-state index in [4.69, 9.17) is 18.9 Å². The summed E-state index contributed by atoms with van der Waals surface area (Å²) in [4.78, 5) is 14.9. The van der Waals surface area contributed by atoms with Gasteiger partial charge in [0.1, 0.15) is 6.10 Å². The molecular formula is C21H32N2O5. The Kier molecular flexibility index (Phi) is 7.94.